The summed E-state index contributed by atoms with van der Waals surface area (Å²) in [5.74, 6) is 1.82. The maximum Gasteiger partial charge on any atom is 0.133 e. The topological polar surface area (TPSA) is 45.0 Å². The zero-order valence-corrected chi connectivity index (χ0v) is 17.9. The molecule has 5 heteroatoms. The summed E-state index contributed by atoms with van der Waals surface area (Å²) in [5.41, 5.74) is 4.25. The highest BCUT2D eigenvalue weighted by Crippen LogP contribution is 2.60. The van der Waals surface area contributed by atoms with Gasteiger partial charge in [0.25, 0.3) is 0 Å². The fourth-order valence-corrected chi connectivity index (χ4v) is 6.52. The average Bonchev–Trinajstić information content (AvgIpc) is 3.06. The number of phenolic OH excluding ortho intramolecular Hbond substituents is 1. The molecule has 30 heavy (non-hydrogen) atoms. The molecule has 3 aliphatic rings. The number of rotatable bonds is 2. The molecule has 0 radical (unpaired) electrons. The molecule has 2 aromatic carbocycles. The highest BCUT2D eigenvalue weighted by atomic mass is 35.5. The minimum atomic E-state index is -0.380. The van der Waals surface area contributed by atoms with Crippen LogP contribution in [0, 0.1) is 23.1 Å². The first kappa shape index (κ1) is 19.7. The van der Waals surface area contributed by atoms with Crippen molar-refractivity contribution in [3.05, 3.63) is 63.9 Å². The molecule has 3 aliphatic carbocycles. The van der Waals surface area contributed by atoms with Crippen molar-refractivity contribution in [1.29, 1.82) is 0 Å². The van der Waals surface area contributed by atoms with E-state index in [0.29, 0.717) is 34.1 Å². The van der Waals surface area contributed by atoms with Gasteiger partial charge >= 0.3 is 0 Å². The van der Waals surface area contributed by atoms with Crippen LogP contribution < -0.4 is 0 Å². The number of hydrogen-bond acceptors (Lipinski definition) is 3. The standard InChI is InChI=1S/C25H26ClFN2O/c1-25-12-11-18-17-8-6-16(30)13-15(17)5-7-19(18)21(25)9-10-24(25)29-28-14-20-22(26)3-2-4-23(20)27/h2-4,6,8,13-14,18-19,21,30H,5,7,9-12H2,1H3/b28-14-,29-24-/t18-,19-,21+,25+/m1/s1. The van der Waals surface area contributed by atoms with Gasteiger partial charge in [-0.25, -0.2) is 4.39 Å². The Balaban J connectivity index is 1.40. The first-order valence-electron chi connectivity index (χ1n) is 10.8. The third-order valence-corrected chi connectivity index (χ3v) is 8.15. The lowest BCUT2D eigenvalue weighted by atomic mass is 9.55. The van der Waals surface area contributed by atoms with Crippen LogP contribution in [0.15, 0.2) is 46.6 Å². The van der Waals surface area contributed by atoms with E-state index in [4.69, 9.17) is 11.6 Å². The molecule has 156 valence electrons. The molecule has 0 aliphatic heterocycles. The van der Waals surface area contributed by atoms with Gasteiger partial charge in [0.1, 0.15) is 11.6 Å². The van der Waals surface area contributed by atoms with E-state index in [1.165, 1.54) is 29.8 Å². The number of aromatic hydroxyl groups is 1. The summed E-state index contributed by atoms with van der Waals surface area (Å²) >= 11 is 6.09. The Hall–Kier alpha value is -2.20. The normalized spacial score (nSPS) is 31.6. The van der Waals surface area contributed by atoms with Gasteiger partial charge in [-0.15, -0.1) is 0 Å². The first-order valence-corrected chi connectivity index (χ1v) is 11.2. The lowest BCUT2D eigenvalue weighted by Crippen LogP contribution is -2.42. The maximum atomic E-state index is 14.0. The Kier molecular flexibility index (Phi) is 4.93. The van der Waals surface area contributed by atoms with Crippen LogP contribution in [0.4, 0.5) is 4.39 Å². The van der Waals surface area contributed by atoms with Crippen molar-refractivity contribution >= 4 is 23.5 Å². The molecule has 0 amide bonds. The van der Waals surface area contributed by atoms with Crippen molar-refractivity contribution in [1.82, 2.24) is 0 Å². The van der Waals surface area contributed by atoms with Crippen LogP contribution in [0.5, 0.6) is 5.75 Å². The highest BCUT2D eigenvalue weighted by molar-refractivity contribution is 6.33. The van der Waals surface area contributed by atoms with E-state index in [2.05, 4.69) is 23.2 Å². The van der Waals surface area contributed by atoms with E-state index in [-0.39, 0.29) is 11.2 Å². The second kappa shape index (κ2) is 7.49. The van der Waals surface area contributed by atoms with Crippen LogP contribution in [0.25, 0.3) is 0 Å². The molecule has 0 saturated heterocycles. The summed E-state index contributed by atoms with van der Waals surface area (Å²) in [6, 6.07) is 10.5. The molecule has 2 saturated carbocycles. The van der Waals surface area contributed by atoms with Crippen molar-refractivity contribution < 1.29 is 9.50 Å². The minimum Gasteiger partial charge on any atom is -0.508 e. The molecule has 0 unspecified atom stereocenters. The number of benzene rings is 2. The Morgan fingerprint density at radius 3 is 2.87 bits per heavy atom. The van der Waals surface area contributed by atoms with Crippen molar-refractivity contribution in [2.75, 3.05) is 0 Å². The molecule has 1 N–H and O–H groups in total. The van der Waals surface area contributed by atoms with Gasteiger partial charge in [0.15, 0.2) is 0 Å². The molecule has 0 bridgehead atoms. The Morgan fingerprint density at radius 2 is 2.03 bits per heavy atom. The molecular weight excluding hydrogens is 399 g/mol. The van der Waals surface area contributed by atoms with Gasteiger partial charge < -0.3 is 5.11 Å². The smallest absolute Gasteiger partial charge is 0.133 e. The first-order chi connectivity index (χ1) is 14.5. The van der Waals surface area contributed by atoms with Crippen LogP contribution in [0.1, 0.15) is 61.6 Å². The highest BCUT2D eigenvalue weighted by Gasteiger charge is 2.53. The molecular formula is C25H26ClFN2O. The van der Waals surface area contributed by atoms with Gasteiger partial charge in [-0.3, -0.25) is 0 Å². The van der Waals surface area contributed by atoms with Crippen LogP contribution in [-0.4, -0.2) is 17.0 Å². The zero-order valence-electron chi connectivity index (χ0n) is 17.1. The Labute approximate surface area is 181 Å². The summed E-state index contributed by atoms with van der Waals surface area (Å²) < 4.78 is 14.0. The second-order valence-electron chi connectivity index (χ2n) is 9.22. The van der Waals surface area contributed by atoms with Gasteiger partial charge in [0.05, 0.1) is 11.2 Å². The van der Waals surface area contributed by atoms with E-state index in [1.54, 1.807) is 12.1 Å². The summed E-state index contributed by atoms with van der Waals surface area (Å²) in [6.07, 6.45) is 7.97. The van der Waals surface area contributed by atoms with E-state index in [9.17, 15) is 9.50 Å². The summed E-state index contributed by atoms with van der Waals surface area (Å²) in [4.78, 5) is 0. The van der Waals surface area contributed by atoms with Crippen LogP contribution in [0.3, 0.4) is 0 Å². The maximum absolute atomic E-state index is 14.0. The predicted octanol–water partition coefficient (Wildman–Crippen LogP) is 6.52. The number of halogens is 2. The molecule has 5 rings (SSSR count). The van der Waals surface area contributed by atoms with Crippen LogP contribution in [0.2, 0.25) is 5.02 Å². The monoisotopic (exact) mass is 424 g/mol. The summed E-state index contributed by atoms with van der Waals surface area (Å²) in [5, 5.41) is 19.0. The van der Waals surface area contributed by atoms with Crippen molar-refractivity contribution in [2.24, 2.45) is 27.5 Å². The van der Waals surface area contributed by atoms with Gasteiger partial charge in [0.2, 0.25) is 0 Å². The fraction of sp³-hybridized carbons (Fsp3) is 0.440. The number of aryl methyl sites for hydroxylation is 1. The molecule has 2 aromatic rings. The molecule has 2 fully saturated rings. The van der Waals surface area contributed by atoms with E-state index in [1.807, 2.05) is 12.1 Å². The number of nitrogens with zero attached hydrogens (tertiary/aromatic N) is 2. The van der Waals surface area contributed by atoms with Crippen molar-refractivity contribution in [2.45, 2.75) is 51.4 Å². The van der Waals surface area contributed by atoms with Gasteiger partial charge in [-0.1, -0.05) is 30.7 Å². The quantitative estimate of drug-likeness (QED) is 0.433. The summed E-state index contributed by atoms with van der Waals surface area (Å²) in [7, 11) is 0. The number of fused-ring (bicyclic) bond motifs is 5. The lowest BCUT2D eigenvalue weighted by Gasteiger charge is -2.49. The molecule has 3 nitrogen and oxygen atoms in total. The predicted molar refractivity (Wildman–Crippen MR) is 119 cm³/mol. The molecule has 0 heterocycles. The average molecular weight is 425 g/mol. The van der Waals surface area contributed by atoms with Crippen molar-refractivity contribution in [3.8, 4) is 5.75 Å². The molecule has 0 spiro atoms. The van der Waals surface area contributed by atoms with E-state index >= 15 is 0 Å². The van der Waals surface area contributed by atoms with E-state index in [0.717, 1.165) is 37.8 Å². The third-order valence-electron chi connectivity index (χ3n) is 7.82. The Bertz CT molecular complexity index is 1030. The fourth-order valence-electron chi connectivity index (χ4n) is 6.31. The molecule has 4 atom stereocenters. The zero-order chi connectivity index (χ0) is 20.9. The van der Waals surface area contributed by atoms with E-state index < -0.39 is 0 Å². The largest absolute Gasteiger partial charge is 0.508 e. The minimum absolute atomic E-state index is 0.0615. The SMILES string of the molecule is C[C@]12CC[C@@H]3c4ccc(O)cc4CC[C@H]3[C@@H]1CC/C2=N/N=C\c1c(F)cccc1Cl. The van der Waals surface area contributed by atoms with Gasteiger partial charge in [0, 0.05) is 16.7 Å². The third kappa shape index (κ3) is 3.17. The summed E-state index contributed by atoms with van der Waals surface area (Å²) in [6.45, 7) is 2.34. The number of hydrogen-bond donors (Lipinski definition) is 1. The van der Waals surface area contributed by atoms with Crippen LogP contribution >= 0.6 is 11.6 Å². The van der Waals surface area contributed by atoms with Crippen LogP contribution in [-0.2, 0) is 6.42 Å². The molecule has 0 aromatic heterocycles. The Morgan fingerprint density at radius 1 is 1.17 bits per heavy atom. The van der Waals surface area contributed by atoms with Crippen molar-refractivity contribution in [3.63, 3.8) is 0 Å². The second-order valence-corrected chi connectivity index (χ2v) is 9.63. The van der Waals surface area contributed by atoms with Gasteiger partial charge in [-0.2, -0.15) is 10.2 Å². The number of phenols is 1. The van der Waals surface area contributed by atoms with Gasteiger partial charge in [-0.05, 0) is 91.7 Å². The lowest BCUT2D eigenvalue weighted by molar-refractivity contribution is 0.0955.